The lowest BCUT2D eigenvalue weighted by Crippen LogP contribution is -2.51. The Morgan fingerprint density at radius 3 is 2.20 bits per heavy atom. The second-order valence-corrected chi connectivity index (χ2v) is 10.3. The lowest BCUT2D eigenvalue weighted by molar-refractivity contribution is -0.140. The van der Waals surface area contributed by atoms with Crippen molar-refractivity contribution in [2.45, 2.75) is 51.5 Å². The van der Waals surface area contributed by atoms with Crippen molar-refractivity contribution in [2.24, 2.45) is 17.8 Å². The molecule has 8 heteroatoms. The van der Waals surface area contributed by atoms with Crippen molar-refractivity contribution in [3.05, 3.63) is 65.2 Å². The van der Waals surface area contributed by atoms with Gasteiger partial charge in [0.25, 0.3) is 0 Å². The van der Waals surface area contributed by atoms with Crippen LogP contribution in [0.25, 0.3) is 0 Å². The second kappa shape index (κ2) is 13.9. The van der Waals surface area contributed by atoms with Gasteiger partial charge in [-0.25, -0.2) is 5.48 Å². The number of likely N-dealkylation sites (N-methyl/N-ethyl adjacent to an activating group) is 1. The number of nitrogens with one attached hydrogen (secondary N) is 3. The first kappa shape index (κ1) is 28.4. The van der Waals surface area contributed by atoms with Gasteiger partial charge in [0.2, 0.25) is 17.7 Å². The van der Waals surface area contributed by atoms with Crippen LogP contribution in [0.4, 0.5) is 0 Å². The molecule has 35 heavy (non-hydrogen) atoms. The Labute approximate surface area is 212 Å². The summed E-state index contributed by atoms with van der Waals surface area (Å²) in [5, 5.41) is 14.9. The summed E-state index contributed by atoms with van der Waals surface area (Å²) in [6.07, 6.45) is 0.762. The molecule has 7 nitrogen and oxygen atoms in total. The summed E-state index contributed by atoms with van der Waals surface area (Å²) in [6, 6.07) is 14.7. The molecular formula is C27H37N3O4S. The highest BCUT2D eigenvalue weighted by molar-refractivity contribution is 7.99. The van der Waals surface area contributed by atoms with Crippen molar-refractivity contribution in [3.8, 4) is 0 Å². The summed E-state index contributed by atoms with van der Waals surface area (Å²) in [5.74, 6) is -2.36. The molecule has 0 aliphatic heterocycles. The molecule has 0 aromatic heterocycles. The van der Waals surface area contributed by atoms with E-state index in [9.17, 15) is 19.6 Å². The minimum atomic E-state index is -0.783. The number of carbonyl (C=O) groups excluding carboxylic acids is 3. The van der Waals surface area contributed by atoms with Crippen molar-refractivity contribution in [3.63, 3.8) is 0 Å². The average Bonchev–Trinajstić information content (AvgIpc) is 2.83. The van der Waals surface area contributed by atoms with E-state index in [1.165, 1.54) is 18.8 Å². The highest BCUT2D eigenvalue weighted by Crippen LogP contribution is 2.30. The van der Waals surface area contributed by atoms with Crippen molar-refractivity contribution >= 4 is 29.5 Å². The molecule has 3 atom stereocenters. The number of hydroxylamine groups is 1. The third kappa shape index (κ3) is 8.71. The lowest BCUT2D eigenvalue weighted by atomic mass is 9.84. The van der Waals surface area contributed by atoms with E-state index < -0.39 is 23.8 Å². The van der Waals surface area contributed by atoms with Gasteiger partial charge in [-0.15, -0.1) is 11.8 Å². The molecule has 3 unspecified atom stereocenters. The summed E-state index contributed by atoms with van der Waals surface area (Å²) in [4.78, 5) is 39.9. The molecule has 0 bridgehead atoms. The van der Waals surface area contributed by atoms with E-state index in [2.05, 4.69) is 16.7 Å². The zero-order chi connectivity index (χ0) is 26.0. The number of thioether (sulfide) groups is 1. The molecule has 0 fully saturated rings. The highest BCUT2D eigenvalue weighted by Gasteiger charge is 2.36. The summed E-state index contributed by atoms with van der Waals surface area (Å²) in [7, 11) is 1.53. The fourth-order valence-corrected chi connectivity index (χ4v) is 5.27. The number of benzene rings is 2. The molecule has 2 rings (SSSR count). The zero-order valence-electron chi connectivity index (χ0n) is 21.1. The monoisotopic (exact) mass is 499 g/mol. The normalized spacial score (nSPS) is 13.6. The molecular weight excluding hydrogens is 462 g/mol. The number of carbonyl (C=O) groups is 3. The Kier molecular flexibility index (Phi) is 11.3. The molecule has 0 radical (unpaired) electrons. The smallest absolute Gasteiger partial charge is 0.248 e. The molecule has 0 saturated heterocycles. The third-order valence-corrected chi connectivity index (χ3v) is 7.20. The van der Waals surface area contributed by atoms with Gasteiger partial charge in [-0.3, -0.25) is 19.6 Å². The Morgan fingerprint density at radius 1 is 0.943 bits per heavy atom. The van der Waals surface area contributed by atoms with Crippen LogP contribution in [0.2, 0.25) is 0 Å². The Morgan fingerprint density at radius 2 is 1.63 bits per heavy atom. The Hall–Kier alpha value is -2.84. The van der Waals surface area contributed by atoms with E-state index in [1.54, 1.807) is 5.48 Å². The van der Waals surface area contributed by atoms with Gasteiger partial charge in [-0.1, -0.05) is 61.9 Å². The Bertz CT molecular complexity index is 997. The van der Waals surface area contributed by atoms with E-state index in [0.717, 1.165) is 21.6 Å². The topological polar surface area (TPSA) is 108 Å². The van der Waals surface area contributed by atoms with Gasteiger partial charge >= 0.3 is 0 Å². The second-order valence-electron chi connectivity index (χ2n) is 9.26. The van der Waals surface area contributed by atoms with Crippen molar-refractivity contribution < 1.29 is 19.6 Å². The molecule has 0 saturated carbocycles. The first-order valence-corrected chi connectivity index (χ1v) is 12.8. The largest absolute Gasteiger partial charge is 0.357 e. The fourth-order valence-electron chi connectivity index (χ4n) is 4.07. The van der Waals surface area contributed by atoms with Crippen molar-refractivity contribution in [1.82, 2.24) is 16.1 Å². The highest BCUT2D eigenvalue weighted by atomic mass is 32.2. The van der Waals surface area contributed by atoms with Gasteiger partial charge in [0.1, 0.15) is 6.04 Å². The molecule has 4 N–H and O–H groups in total. The number of aryl methyl sites for hydroxylation is 2. The molecule has 0 aliphatic rings. The van der Waals surface area contributed by atoms with E-state index in [4.69, 9.17) is 0 Å². The SMILES string of the molecule is CNC(=O)C(Cc1ccccc1)NC(=O)C(CC(C)C)C(CSc1ccc(C)cc1C)C(=O)NO. The van der Waals surface area contributed by atoms with Gasteiger partial charge in [-0.2, -0.15) is 0 Å². The molecule has 3 amide bonds. The van der Waals surface area contributed by atoms with Gasteiger partial charge < -0.3 is 10.6 Å². The predicted octanol–water partition coefficient (Wildman–Crippen LogP) is 3.65. The standard InChI is InChI=1S/C27H37N3O4S/c1-17(2)13-21(22(26(32)30-34)16-35-24-12-11-18(3)14-19(24)4)25(31)29-23(27(33)28-5)15-20-9-7-6-8-10-20/h6-12,14,17,21-23,34H,13,15-16H2,1-5H3,(H,28,33)(H,29,31)(H,30,32). The van der Waals surface area contributed by atoms with E-state index in [-0.39, 0.29) is 17.7 Å². The molecule has 2 aromatic rings. The maximum Gasteiger partial charge on any atom is 0.248 e. The Balaban J connectivity index is 2.28. The number of hydrogen-bond acceptors (Lipinski definition) is 5. The third-order valence-electron chi connectivity index (χ3n) is 5.91. The van der Waals surface area contributed by atoms with Gasteiger partial charge in [-0.05, 0) is 43.4 Å². The van der Waals surface area contributed by atoms with Gasteiger partial charge in [0.05, 0.1) is 11.8 Å². The lowest BCUT2D eigenvalue weighted by Gasteiger charge is -2.28. The van der Waals surface area contributed by atoms with E-state index in [0.29, 0.717) is 18.6 Å². The van der Waals surface area contributed by atoms with Crippen LogP contribution in [0.3, 0.4) is 0 Å². The van der Waals surface area contributed by atoms with Crippen LogP contribution in [0, 0.1) is 31.6 Å². The minimum Gasteiger partial charge on any atom is -0.357 e. The van der Waals surface area contributed by atoms with E-state index >= 15 is 0 Å². The number of rotatable bonds is 12. The van der Waals surface area contributed by atoms with Crippen molar-refractivity contribution in [2.75, 3.05) is 12.8 Å². The van der Waals surface area contributed by atoms with Crippen LogP contribution >= 0.6 is 11.8 Å². The summed E-state index contributed by atoms with van der Waals surface area (Å²) >= 11 is 1.48. The van der Waals surface area contributed by atoms with Crippen molar-refractivity contribution in [1.29, 1.82) is 0 Å². The quantitative estimate of drug-likeness (QED) is 0.203. The molecule has 0 heterocycles. The fraction of sp³-hybridized carbons (Fsp3) is 0.444. The summed E-state index contributed by atoms with van der Waals surface area (Å²) < 4.78 is 0. The molecule has 2 aromatic carbocycles. The van der Waals surface area contributed by atoms with Crippen LogP contribution < -0.4 is 16.1 Å². The first-order chi connectivity index (χ1) is 16.7. The molecule has 0 spiro atoms. The van der Waals surface area contributed by atoms with Crippen LogP contribution in [-0.2, 0) is 20.8 Å². The van der Waals surface area contributed by atoms with Gasteiger partial charge in [0, 0.05) is 24.1 Å². The predicted molar refractivity (Wildman–Crippen MR) is 139 cm³/mol. The average molecular weight is 500 g/mol. The maximum atomic E-state index is 13.5. The summed E-state index contributed by atoms with van der Waals surface area (Å²) in [6.45, 7) is 7.98. The summed E-state index contributed by atoms with van der Waals surface area (Å²) in [5.41, 5.74) is 4.90. The van der Waals surface area contributed by atoms with Crippen LogP contribution in [-0.4, -0.2) is 41.8 Å². The van der Waals surface area contributed by atoms with Gasteiger partial charge in [0.15, 0.2) is 0 Å². The van der Waals surface area contributed by atoms with Crippen LogP contribution in [0.15, 0.2) is 53.4 Å². The van der Waals surface area contributed by atoms with Crippen LogP contribution in [0.5, 0.6) is 0 Å². The number of amides is 3. The van der Waals surface area contributed by atoms with E-state index in [1.807, 2.05) is 70.2 Å². The van der Waals surface area contributed by atoms with Crippen LogP contribution in [0.1, 0.15) is 37.0 Å². The number of hydrogen-bond donors (Lipinski definition) is 4. The minimum absolute atomic E-state index is 0.124. The first-order valence-electron chi connectivity index (χ1n) is 11.9. The maximum absolute atomic E-state index is 13.5. The zero-order valence-corrected chi connectivity index (χ0v) is 21.9. The molecule has 190 valence electrons. The molecule has 0 aliphatic carbocycles.